The van der Waals surface area contributed by atoms with E-state index in [9.17, 15) is 18.0 Å². The lowest BCUT2D eigenvalue weighted by atomic mass is 9.70. The summed E-state index contributed by atoms with van der Waals surface area (Å²) in [5.74, 6) is -0.979. The van der Waals surface area contributed by atoms with E-state index in [-0.39, 0.29) is 28.4 Å². The second-order valence-electron chi connectivity index (χ2n) is 7.41. The van der Waals surface area contributed by atoms with Crippen molar-refractivity contribution in [3.05, 3.63) is 29.8 Å². The number of hydrogen-bond acceptors (Lipinski definition) is 4. The highest BCUT2D eigenvalue weighted by Crippen LogP contribution is 2.64. The number of hydrogen-bond donors (Lipinski definition) is 2. The van der Waals surface area contributed by atoms with Crippen LogP contribution < -0.4 is 4.72 Å². The molecule has 2 fully saturated rings. The number of fused-ring (bicyclic) bond motifs is 2. The van der Waals surface area contributed by atoms with Crippen molar-refractivity contribution in [1.82, 2.24) is 0 Å². The van der Waals surface area contributed by atoms with Crippen molar-refractivity contribution in [2.45, 2.75) is 33.1 Å². The first-order valence-electron chi connectivity index (χ1n) is 7.95. The fourth-order valence-corrected chi connectivity index (χ4v) is 6.22. The molecule has 2 bridgehead atoms. The molecule has 2 saturated carbocycles. The second kappa shape index (κ2) is 5.31. The van der Waals surface area contributed by atoms with Gasteiger partial charge in [0.1, 0.15) is 5.78 Å². The van der Waals surface area contributed by atoms with Crippen molar-refractivity contribution < 1.29 is 23.1 Å². The number of rotatable bonds is 5. The number of carbonyl (C=O) groups is 2. The van der Waals surface area contributed by atoms with Gasteiger partial charge in [-0.2, -0.15) is 0 Å². The number of carboxylic acids is 1. The van der Waals surface area contributed by atoms with Crippen LogP contribution >= 0.6 is 0 Å². The number of carboxylic acid groups (broad SMARTS) is 1. The van der Waals surface area contributed by atoms with E-state index in [2.05, 4.69) is 4.72 Å². The minimum Gasteiger partial charge on any atom is -0.478 e. The van der Waals surface area contributed by atoms with Crippen molar-refractivity contribution in [2.24, 2.45) is 16.7 Å². The number of ketones is 1. The third kappa shape index (κ3) is 2.51. The van der Waals surface area contributed by atoms with Gasteiger partial charge >= 0.3 is 5.97 Å². The largest absolute Gasteiger partial charge is 0.478 e. The van der Waals surface area contributed by atoms with Crippen molar-refractivity contribution in [3.8, 4) is 0 Å². The molecule has 2 N–H and O–H groups in total. The zero-order valence-corrected chi connectivity index (χ0v) is 14.5. The summed E-state index contributed by atoms with van der Waals surface area (Å²) in [7, 11) is -3.72. The van der Waals surface area contributed by atoms with E-state index in [1.165, 1.54) is 24.3 Å². The van der Waals surface area contributed by atoms with Gasteiger partial charge in [0.15, 0.2) is 0 Å². The molecule has 0 radical (unpaired) electrons. The molecule has 3 rings (SSSR count). The highest BCUT2D eigenvalue weighted by atomic mass is 32.2. The third-order valence-corrected chi connectivity index (χ3v) is 7.40. The molecule has 24 heavy (non-hydrogen) atoms. The summed E-state index contributed by atoms with van der Waals surface area (Å²) >= 11 is 0. The number of aromatic carboxylic acids is 1. The first kappa shape index (κ1) is 17.0. The van der Waals surface area contributed by atoms with E-state index in [0.29, 0.717) is 18.5 Å². The molecule has 0 unspecified atom stereocenters. The summed E-state index contributed by atoms with van der Waals surface area (Å²) in [6.07, 6.45) is 1.97. The molecule has 0 aromatic heterocycles. The Labute approximate surface area is 141 Å². The van der Waals surface area contributed by atoms with Crippen LogP contribution in [0.5, 0.6) is 0 Å². The molecule has 0 amide bonds. The van der Waals surface area contributed by atoms with Crippen molar-refractivity contribution >= 4 is 27.5 Å². The monoisotopic (exact) mass is 351 g/mol. The lowest BCUT2D eigenvalue weighted by Crippen LogP contribution is -2.43. The summed E-state index contributed by atoms with van der Waals surface area (Å²) in [5, 5.41) is 8.88. The second-order valence-corrected chi connectivity index (χ2v) is 9.13. The summed E-state index contributed by atoms with van der Waals surface area (Å²) < 4.78 is 27.7. The summed E-state index contributed by atoms with van der Waals surface area (Å²) in [5.41, 5.74) is -0.743. The maximum Gasteiger partial charge on any atom is 0.335 e. The Morgan fingerprint density at radius 2 is 1.92 bits per heavy atom. The van der Waals surface area contributed by atoms with E-state index in [1.54, 1.807) is 0 Å². The summed E-state index contributed by atoms with van der Waals surface area (Å²) in [6.45, 7) is 3.99. The van der Waals surface area contributed by atoms with E-state index in [4.69, 9.17) is 5.11 Å². The number of Topliss-reactive ketones (excluding diaryl/α,β-unsaturated/α-hetero) is 1. The Morgan fingerprint density at radius 1 is 1.29 bits per heavy atom. The number of anilines is 1. The maximum absolute atomic E-state index is 12.6. The van der Waals surface area contributed by atoms with Gasteiger partial charge in [-0.25, -0.2) is 13.2 Å². The Balaban J connectivity index is 1.81. The Hall–Kier alpha value is -1.89. The highest BCUT2D eigenvalue weighted by molar-refractivity contribution is 7.92. The molecular weight excluding hydrogens is 330 g/mol. The first-order chi connectivity index (χ1) is 11.1. The van der Waals surface area contributed by atoms with Gasteiger partial charge in [-0.05, 0) is 48.4 Å². The van der Waals surface area contributed by atoms with E-state index in [1.807, 2.05) is 13.8 Å². The molecule has 130 valence electrons. The molecule has 2 aliphatic carbocycles. The molecule has 1 aromatic carbocycles. The van der Waals surface area contributed by atoms with Crippen molar-refractivity contribution in [1.29, 1.82) is 0 Å². The van der Waals surface area contributed by atoms with Crippen molar-refractivity contribution in [3.63, 3.8) is 0 Å². The van der Waals surface area contributed by atoms with Gasteiger partial charge in [0, 0.05) is 12.1 Å². The van der Waals surface area contributed by atoms with Crippen LogP contribution in [-0.4, -0.2) is 31.0 Å². The third-order valence-electron chi connectivity index (χ3n) is 5.98. The lowest BCUT2D eigenvalue weighted by molar-refractivity contribution is -0.128. The molecule has 2 atom stereocenters. The average molecular weight is 351 g/mol. The van der Waals surface area contributed by atoms with Crippen LogP contribution in [0.4, 0.5) is 5.69 Å². The van der Waals surface area contributed by atoms with Crippen LogP contribution in [0.2, 0.25) is 0 Å². The fraction of sp³-hybridized carbons (Fsp3) is 0.529. The number of sulfonamides is 1. The zero-order valence-electron chi connectivity index (χ0n) is 13.7. The van der Waals surface area contributed by atoms with Gasteiger partial charge in [0.05, 0.1) is 16.7 Å². The quantitative estimate of drug-likeness (QED) is 0.849. The van der Waals surface area contributed by atoms with Gasteiger partial charge in [0.2, 0.25) is 10.0 Å². The molecule has 2 aliphatic rings. The fourth-order valence-electron chi connectivity index (χ4n) is 4.33. The van der Waals surface area contributed by atoms with Crippen LogP contribution in [0.1, 0.15) is 43.5 Å². The standard InChI is InChI=1S/C17H21NO5S/c1-16(2)12-7-8-17(16,14(19)9-12)10-24(22,23)18-13-5-3-11(4-6-13)15(20)21/h3-6,12,18H,7-10H2,1-2H3,(H,20,21)/t12-,17+/m1/s1. The molecule has 1 aromatic rings. The Kier molecular flexibility index (Phi) is 3.75. The first-order valence-corrected chi connectivity index (χ1v) is 9.60. The van der Waals surface area contributed by atoms with Gasteiger partial charge in [-0.15, -0.1) is 0 Å². The molecule has 6 nitrogen and oxygen atoms in total. The zero-order chi connectivity index (χ0) is 17.8. The summed E-state index contributed by atoms with van der Waals surface area (Å²) in [4.78, 5) is 23.3. The molecular formula is C17H21NO5S. The van der Waals surface area contributed by atoms with E-state index in [0.717, 1.165) is 6.42 Å². The van der Waals surface area contributed by atoms with Crippen LogP contribution in [0, 0.1) is 16.7 Å². The predicted octanol–water partition coefficient (Wildman–Crippen LogP) is 2.52. The molecule has 0 aliphatic heterocycles. The number of carbonyl (C=O) groups excluding carboxylic acids is 1. The van der Waals surface area contributed by atoms with E-state index < -0.39 is 21.4 Å². The van der Waals surface area contributed by atoms with Crippen LogP contribution in [-0.2, 0) is 14.8 Å². The topological polar surface area (TPSA) is 101 Å². The van der Waals surface area contributed by atoms with Gasteiger partial charge in [-0.1, -0.05) is 13.8 Å². The summed E-state index contributed by atoms with van der Waals surface area (Å²) in [6, 6.07) is 5.51. The molecule has 0 saturated heterocycles. The highest BCUT2D eigenvalue weighted by Gasteiger charge is 2.65. The van der Waals surface area contributed by atoms with Crippen LogP contribution in [0.3, 0.4) is 0 Å². The predicted molar refractivity (Wildman–Crippen MR) is 89.4 cm³/mol. The molecule has 7 heteroatoms. The van der Waals surface area contributed by atoms with Gasteiger partial charge < -0.3 is 5.11 Å². The Morgan fingerprint density at radius 3 is 2.38 bits per heavy atom. The molecule has 0 heterocycles. The minimum atomic E-state index is -3.72. The maximum atomic E-state index is 12.6. The Bertz CT molecular complexity index is 797. The number of benzene rings is 1. The van der Waals surface area contributed by atoms with Gasteiger partial charge in [-0.3, -0.25) is 9.52 Å². The van der Waals surface area contributed by atoms with Gasteiger partial charge in [0.25, 0.3) is 0 Å². The number of nitrogens with one attached hydrogen (secondary N) is 1. The minimum absolute atomic E-state index is 0.0513. The van der Waals surface area contributed by atoms with Crippen molar-refractivity contribution in [2.75, 3.05) is 10.5 Å². The lowest BCUT2D eigenvalue weighted by Gasteiger charge is -2.36. The van der Waals surface area contributed by atoms with Crippen LogP contribution in [0.25, 0.3) is 0 Å². The SMILES string of the molecule is CC1(C)[C@@H]2CC[C@]1(CS(=O)(=O)Nc1ccc(C(=O)O)cc1)C(=O)C2. The van der Waals surface area contributed by atoms with Crippen LogP contribution in [0.15, 0.2) is 24.3 Å². The normalized spacial score (nSPS) is 28.1. The smallest absolute Gasteiger partial charge is 0.335 e. The van der Waals surface area contributed by atoms with E-state index >= 15 is 0 Å². The average Bonchev–Trinajstić information content (AvgIpc) is 2.81. The molecule has 0 spiro atoms.